The van der Waals surface area contributed by atoms with E-state index in [2.05, 4.69) is 26.6 Å². The van der Waals surface area contributed by atoms with Crippen LogP contribution in [-0.4, -0.2) is 60.2 Å². The van der Waals surface area contributed by atoms with Crippen molar-refractivity contribution in [3.63, 3.8) is 0 Å². The zero-order valence-corrected chi connectivity index (χ0v) is 15.6. The first-order valence-electron chi connectivity index (χ1n) is 9.47. The van der Waals surface area contributed by atoms with Gasteiger partial charge in [-0.15, -0.1) is 0 Å². The van der Waals surface area contributed by atoms with Crippen LogP contribution in [0.1, 0.15) is 12.8 Å². The number of nitrogens with zero attached hydrogens (tertiary/aromatic N) is 4. The van der Waals surface area contributed by atoms with E-state index in [1.165, 1.54) is 0 Å². The predicted octanol–water partition coefficient (Wildman–Crippen LogP) is 3.09. The molecule has 3 aromatic heterocycles. The molecular weight excluding hydrogens is 347 g/mol. The molecule has 0 spiro atoms. The molecule has 1 saturated heterocycles. The molecule has 144 valence electrons. The molecule has 0 aromatic carbocycles. The summed E-state index contributed by atoms with van der Waals surface area (Å²) in [5.74, 6) is 1.01. The number of alkyl halides is 1. The molecule has 0 bridgehead atoms. The molecule has 0 radical (unpaired) electrons. The highest BCUT2D eigenvalue weighted by Gasteiger charge is 2.21. The van der Waals surface area contributed by atoms with E-state index in [-0.39, 0.29) is 12.7 Å². The number of fused-ring (bicyclic) bond motifs is 3. The summed E-state index contributed by atoms with van der Waals surface area (Å²) in [6.07, 6.45) is 5.88. The van der Waals surface area contributed by atoms with Gasteiger partial charge in [0.05, 0.1) is 31.4 Å². The van der Waals surface area contributed by atoms with E-state index in [0.29, 0.717) is 13.2 Å². The number of hydrogen-bond acceptors (Lipinski definition) is 5. The van der Waals surface area contributed by atoms with Gasteiger partial charge in [0.2, 0.25) is 0 Å². The van der Waals surface area contributed by atoms with E-state index in [9.17, 15) is 4.39 Å². The first kappa shape index (κ1) is 18.1. The maximum absolute atomic E-state index is 12.0. The Kier molecular flexibility index (Phi) is 5.50. The molecule has 27 heavy (non-hydrogen) atoms. The van der Waals surface area contributed by atoms with Crippen LogP contribution in [0.4, 0.5) is 10.2 Å². The van der Waals surface area contributed by atoms with Gasteiger partial charge in [-0.05, 0) is 31.0 Å². The maximum atomic E-state index is 12.0. The summed E-state index contributed by atoms with van der Waals surface area (Å²) in [5, 5.41) is 2.27. The van der Waals surface area contributed by atoms with Crippen LogP contribution in [0, 0.1) is 0 Å². The van der Waals surface area contributed by atoms with Crippen molar-refractivity contribution in [2.45, 2.75) is 18.9 Å². The van der Waals surface area contributed by atoms with Crippen LogP contribution < -0.4 is 4.90 Å². The molecular formula is C20H25FN4O2. The topological polar surface area (TPSA) is 52.4 Å². The van der Waals surface area contributed by atoms with Crippen LogP contribution in [0.25, 0.3) is 21.9 Å². The third kappa shape index (κ3) is 3.75. The SMILES string of the molecule is Cn1c2ccncc2c2ccc(N3CCC(OCCOCCF)CC3)nc21. The Hall–Kier alpha value is -2.25. The second-order valence-electron chi connectivity index (χ2n) is 6.85. The number of piperidine rings is 1. The van der Waals surface area contributed by atoms with Gasteiger partial charge >= 0.3 is 0 Å². The zero-order valence-electron chi connectivity index (χ0n) is 15.6. The molecule has 1 fully saturated rings. The molecule has 7 heteroatoms. The third-order valence-electron chi connectivity index (χ3n) is 5.20. The lowest BCUT2D eigenvalue weighted by Crippen LogP contribution is -2.37. The van der Waals surface area contributed by atoms with Crippen LogP contribution >= 0.6 is 0 Å². The molecule has 1 aliphatic rings. The number of ether oxygens (including phenoxy) is 2. The molecule has 3 aromatic rings. The number of anilines is 1. The van der Waals surface area contributed by atoms with Crippen LogP contribution in [-0.2, 0) is 16.5 Å². The Morgan fingerprint density at radius 2 is 1.96 bits per heavy atom. The average molecular weight is 372 g/mol. The van der Waals surface area contributed by atoms with Gasteiger partial charge in [-0.1, -0.05) is 0 Å². The molecule has 4 heterocycles. The highest BCUT2D eigenvalue weighted by Crippen LogP contribution is 2.29. The first-order valence-corrected chi connectivity index (χ1v) is 9.47. The minimum atomic E-state index is -0.442. The van der Waals surface area contributed by atoms with Crippen molar-refractivity contribution in [1.29, 1.82) is 0 Å². The van der Waals surface area contributed by atoms with E-state index in [0.717, 1.165) is 53.7 Å². The summed E-state index contributed by atoms with van der Waals surface area (Å²) in [6, 6.07) is 6.27. The normalized spacial score (nSPS) is 15.9. The lowest BCUT2D eigenvalue weighted by Gasteiger charge is -2.32. The smallest absolute Gasteiger partial charge is 0.143 e. The molecule has 4 rings (SSSR count). The van der Waals surface area contributed by atoms with Gasteiger partial charge in [-0.25, -0.2) is 9.37 Å². The van der Waals surface area contributed by atoms with Crippen molar-refractivity contribution in [2.75, 3.05) is 44.5 Å². The number of aromatic nitrogens is 3. The molecule has 0 N–H and O–H groups in total. The second kappa shape index (κ2) is 8.19. The van der Waals surface area contributed by atoms with Crippen molar-refractivity contribution < 1.29 is 13.9 Å². The van der Waals surface area contributed by atoms with Gasteiger partial charge in [-0.3, -0.25) is 4.98 Å². The van der Waals surface area contributed by atoms with E-state index in [1.807, 2.05) is 25.5 Å². The maximum Gasteiger partial charge on any atom is 0.143 e. The highest BCUT2D eigenvalue weighted by atomic mass is 19.1. The molecule has 0 saturated carbocycles. The molecule has 0 unspecified atom stereocenters. The lowest BCUT2D eigenvalue weighted by atomic mass is 10.1. The van der Waals surface area contributed by atoms with E-state index >= 15 is 0 Å². The van der Waals surface area contributed by atoms with Gasteiger partial charge in [-0.2, -0.15) is 0 Å². The molecule has 0 atom stereocenters. The summed E-state index contributed by atoms with van der Waals surface area (Å²) in [4.78, 5) is 11.5. The number of aryl methyl sites for hydroxylation is 1. The number of pyridine rings is 2. The van der Waals surface area contributed by atoms with Gasteiger partial charge in [0.1, 0.15) is 18.1 Å². The van der Waals surface area contributed by atoms with Crippen molar-refractivity contribution in [2.24, 2.45) is 7.05 Å². The summed E-state index contributed by atoms with van der Waals surface area (Å²) in [7, 11) is 2.05. The van der Waals surface area contributed by atoms with E-state index in [1.54, 1.807) is 0 Å². The van der Waals surface area contributed by atoms with Gasteiger partial charge in [0.15, 0.2) is 0 Å². The minimum Gasteiger partial charge on any atom is -0.376 e. The van der Waals surface area contributed by atoms with Crippen molar-refractivity contribution in [1.82, 2.24) is 14.5 Å². The number of rotatable bonds is 7. The van der Waals surface area contributed by atoms with Gasteiger partial charge < -0.3 is 18.9 Å². The fourth-order valence-electron chi connectivity index (χ4n) is 3.76. The Morgan fingerprint density at radius 3 is 2.78 bits per heavy atom. The van der Waals surface area contributed by atoms with Crippen LogP contribution in [0.15, 0.2) is 30.6 Å². The Labute approximate surface area is 157 Å². The monoisotopic (exact) mass is 372 g/mol. The molecule has 0 amide bonds. The summed E-state index contributed by atoms with van der Waals surface area (Å²) in [5.41, 5.74) is 2.13. The summed E-state index contributed by atoms with van der Waals surface area (Å²) < 4.78 is 25.1. The summed E-state index contributed by atoms with van der Waals surface area (Å²) >= 11 is 0. The standard InChI is InChI=1S/C20H25FN4O2/c1-24-18-4-8-22-14-17(18)16-2-3-19(23-20(16)24)25-9-5-15(6-10-25)27-13-12-26-11-7-21/h2-4,8,14-15H,5-7,9-13H2,1H3. The van der Waals surface area contributed by atoms with Crippen LogP contribution in [0.5, 0.6) is 0 Å². The molecule has 1 aliphatic heterocycles. The van der Waals surface area contributed by atoms with E-state index < -0.39 is 6.67 Å². The number of halogens is 1. The summed E-state index contributed by atoms with van der Waals surface area (Å²) in [6.45, 7) is 2.53. The quantitative estimate of drug-likeness (QED) is 0.597. The Bertz CT molecular complexity index is 906. The zero-order chi connectivity index (χ0) is 18.6. The second-order valence-corrected chi connectivity index (χ2v) is 6.85. The predicted molar refractivity (Wildman–Crippen MR) is 104 cm³/mol. The molecule has 6 nitrogen and oxygen atoms in total. The fraction of sp³-hybridized carbons (Fsp3) is 0.500. The molecule has 0 aliphatic carbocycles. The van der Waals surface area contributed by atoms with Crippen molar-refractivity contribution in [3.05, 3.63) is 30.6 Å². The fourth-order valence-corrected chi connectivity index (χ4v) is 3.76. The number of hydrogen-bond donors (Lipinski definition) is 0. The highest BCUT2D eigenvalue weighted by molar-refractivity contribution is 6.06. The van der Waals surface area contributed by atoms with E-state index in [4.69, 9.17) is 14.5 Å². The first-order chi connectivity index (χ1) is 13.3. The Morgan fingerprint density at radius 1 is 1.11 bits per heavy atom. The van der Waals surface area contributed by atoms with Crippen molar-refractivity contribution >= 4 is 27.8 Å². The van der Waals surface area contributed by atoms with Gasteiger partial charge in [0, 0.05) is 43.3 Å². The lowest BCUT2D eigenvalue weighted by molar-refractivity contribution is -0.00667. The largest absolute Gasteiger partial charge is 0.376 e. The van der Waals surface area contributed by atoms with Crippen molar-refractivity contribution in [3.8, 4) is 0 Å². The minimum absolute atomic E-state index is 0.153. The third-order valence-corrected chi connectivity index (χ3v) is 5.20. The van der Waals surface area contributed by atoms with Crippen LogP contribution in [0.3, 0.4) is 0 Å². The van der Waals surface area contributed by atoms with Crippen LogP contribution in [0.2, 0.25) is 0 Å². The average Bonchev–Trinajstić information content (AvgIpc) is 3.00. The van der Waals surface area contributed by atoms with Gasteiger partial charge in [0.25, 0.3) is 0 Å². The Balaban J connectivity index is 1.40.